The SMILES string of the molecule is Cc1cnn(C(C)C(=O)Nc2cccc(Cn3nc(C)c(Br)c3C)c2)c1. The average molecular weight is 416 g/mol. The summed E-state index contributed by atoms with van der Waals surface area (Å²) in [6.07, 6.45) is 3.61. The fraction of sp³-hybridized carbons (Fsp3) is 0.316. The summed E-state index contributed by atoms with van der Waals surface area (Å²) in [6.45, 7) is 8.44. The quantitative estimate of drug-likeness (QED) is 0.684. The van der Waals surface area contributed by atoms with Crippen molar-refractivity contribution in [1.29, 1.82) is 0 Å². The molecule has 0 aliphatic heterocycles. The zero-order valence-corrected chi connectivity index (χ0v) is 16.9. The zero-order chi connectivity index (χ0) is 18.8. The summed E-state index contributed by atoms with van der Waals surface area (Å²) in [7, 11) is 0. The van der Waals surface area contributed by atoms with Crippen LogP contribution in [-0.2, 0) is 11.3 Å². The number of aromatic nitrogens is 4. The maximum Gasteiger partial charge on any atom is 0.248 e. The summed E-state index contributed by atoms with van der Waals surface area (Å²) in [5.74, 6) is -0.0980. The molecule has 1 atom stereocenters. The Balaban J connectivity index is 1.72. The lowest BCUT2D eigenvalue weighted by atomic mass is 10.2. The fourth-order valence-electron chi connectivity index (χ4n) is 2.76. The van der Waals surface area contributed by atoms with E-state index < -0.39 is 0 Å². The summed E-state index contributed by atoms with van der Waals surface area (Å²) in [4.78, 5) is 12.5. The van der Waals surface area contributed by atoms with Crippen LogP contribution < -0.4 is 5.32 Å². The van der Waals surface area contributed by atoms with E-state index >= 15 is 0 Å². The average Bonchev–Trinajstić information content (AvgIpc) is 3.14. The van der Waals surface area contributed by atoms with Gasteiger partial charge in [0.2, 0.25) is 5.91 Å². The minimum atomic E-state index is -0.376. The molecule has 0 spiro atoms. The van der Waals surface area contributed by atoms with E-state index in [2.05, 4.69) is 31.4 Å². The third-order valence-corrected chi connectivity index (χ3v) is 5.47. The highest BCUT2D eigenvalue weighted by Gasteiger charge is 2.16. The zero-order valence-electron chi connectivity index (χ0n) is 15.3. The first-order valence-electron chi connectivity index (χ1n) is 8.45. The number of hydrogen-bond donors (Lipinski definition) is 1. The Hall–Kier alpha value is -2.41. The van der Waals surface area contributed by atoms with Crippen molar-refractivity contribution in [3.8, 4) is 0 Å². The van der Waals surface area contributed by atoms with E-state index in [1.54, 1.807) is 10.9 Å². The van der Waals surface area contributed by atoms with Gasteiger partial charge in [-0.25, -0.2) is 0 Å². The van der Waals surface area contributed by atoms with Crippen LogP contribution >= 0.6 is 15.9 Å². The van der Waals surface area contributed by atoms with E-state index in [9.17, 15) is 4.79 Å². The van der Waals surface area contributed by atoms with E-state index in [1.165, 1.54) is 0 Å². The number of rotatable bonds is 5. The number of benzene rings is 1. The molecule has 0 bridgehead atoms. The first-order chi connectivity index (χ1) is 12.3. The molecule has 0 aliphatic rings. The molecular formula is C19H22BrN5O. The van der Waals surface area contributed by atoms with Gasteiger partial charge in [0.15, 0.2) is 0 Å². The second kappa shape index (κ2) is 7.45. The Morgan fingerprint density at radius 1 is 1.31 bits per heavy atom. The van der Waals surface area contributed by atoms with E-state index in [0.29, 0.717) is 6.54 Å². The molecule has 1 N–H and O–H groups in total. The molecule has 26 heavy (non-hydrogen) atoms. The Morgan fingerprint density at radius 3 is 2.69 bits per heavy atom. The number of aryl methyl sites for hydroxylation is 2. The summed E-state index contributed by atoms with van der Waals surface area (Å²) in [5, 5.41) is 11.7. The molecule has 7 heteroatoms. The van der Waals surface area contributed by atoms with Crippen molar-refractivity contribution in [2.75, 3.05) is 5.32 Å². The number of amides is 1. The minimum absolute atomic E-state index is 0.0980. The van der Waals surface area contributed by atoms with Crippen molar-refractivity contribution in [3.05, 3.63) is 63.6 Å². The van der Waals surface area contributed by atoms with Gasteiger partial charge in [-0.3, -0.25) is 14.2 Å². The molecule has 0 radical (unpaired) electrons. The van der Waals surface area contributed by atoms with Crippen LogP contribution in [0.1, 0.15) is 35.5 Å². The Kier molecular flexibility index (Phi) is 5.27. The highest BCUT2D eigenvalue weighted by atomic mass is 79.9. The molecule has 2 heterocycles. The van der Waals surface area contributed by atoms with E-state index in [1.807, 2.05) is 62.8 Å². The van der Waals surface area contributed by atoms with Gasteiger partial charge in [-0.05, 0) is 66.9 Å². The van der Waals surface area contributed by atoms with Crippen molar-refractivity contribution < 1.29 is 4.79 Å². The van der Waals surface area contributed by atoms with Crippen molar-refractivity contribution in [3.63, 3.8) is 0 Å². The van der Waals surface area contributed by atoms with Crippen LogP contribution in [0.15, 0.2) is 41.1 Å². The van der Waals surface area contributed by atoms with Crippen molar-refractivity contribution in [1.82, 2.24) is 19.6 Å². The van der Waals surface area contributed by atoms with Gasteiger partial charge >= 0.3 is 0 Å². The molecule has 0 saturated heterocycles. The van der Waals surface area contributed by atoms with Gasteiger partial charge in [0.1, 0.15) is 6.04 Å². The van der Waals surface area contributed by atoms with Gasteiger partial charge in [-0.15, -0.1) is 0 Å². The summed E-state index contributed by atoms with van der Waals surface area (Å²) >= 11 is 3.55. The first-order valence-corrected chi connectivity index (χ1v) is 9.24. The monoisotopic (exact) mass is 415 g/mol. The van der Waals surface area contributed by atoms with Gasteiger partial charge in [-0.2, -0.15) is 10.2 Å². The lowest BCUT2D eigenvalue weighted by Crippen LogP contribution is -2.24. The largest absolute Gasteiger partial charge is 0.324 e. The highest BCUT2D eigenvalue weighted by Crippen LogP contribution is 2.21. The van der Waals surface area contributed by atoms with Gasteiger partial charge < -0.3 is 5.32 Å². The molecule has 6 nitrogen and oxygen atoms in total. The second-order valence-corrected chi connectivity index (χ2v) is 7.30. The van der Waals surface area contributed by atoms with Gasteiger partial charge in [-0.1, -0.05) is 12.1 Å². The van der Waals surface area contributed by atoms with Crippen molar-refractivity contribution in [2.45, 2.75) is 40.3 Å². The lowest BCUT2D eigenvalue weighted by molar-refractivity contribution is -0.119. The number of nitrogens with one attached hydrogen (secondary N) is 1. The van der Waals surface area contributed by atoms with Gasteiger partial charge in [0.05, 0.1) is 28.6 Å². The fourth-order valence-corrected chi connectivity index (χ4v) is 3.05. The van der Waals surface area contributed by atoms with E-state index in [0.717, 1.165) is 32.7 Å². The van der Waals surface area contributed by atoms with Crippen LogP contribution in [-0.4, -0.2) is 25.5 Å². The topological polar surface area (TPSA) is 64.7 Å². The summed E-state index contributed by atoms with van der Waals surface area (Å²) in [6, 6.07) is 7.46. The number of nitrogens with zero attached hydrogens (tertiary/aromatic N) is 4. The number of carbonyl (C=O) groups is 1. The first kappa shape index (κ1) is 18.4. The smallest absolute Gasteiger partial charge is 0.248 e. The molecule has 0 aliphatic carbocycles. The molecule has 1 amide bonds. The molecule has 1 aromatic carbocycles. The second-order valence-electron chi connectivity index (χ2n) is 6.51. The van der Waals surface area contributed by atoms with E-state index in [4.69, 9.17) is 0 Å². The third kappa shape index (κ3) is 3.88. The third-order valence-electron chi connectivity index (χ3n) is 4.33. The summed E-state index contributed by atoms with van der Waals surface area (Å²) in [5.41, 5.74) is 4.92. The van der Waals surface area contributed by atoms with Gasteiger partial charge in [0.25, 0.3) is 0 Å². The van der Waals surface area contributed by atoms with E-state index in [-0.39, 0.29) is 11.9 Å². The Labute approximate surface area is 161 Å². The molecule has 1 unspecified atom stereocenters. The Bertz CT molecular complexity index is 943. The molecular weight excluding hydrogens is 394 g/mol. The molecule has 136 valence electrons. The van der Waals surface area contributed by atoms with Gasteiger partial charge in [0, 0.05) is 11.9 Å². The van der Waals surface area contributed by atoms with Crippen LogP contribution in [0.2, 0.25) is 0 Å². The molecule has 3 aromatic rings. The highest BCUT2D eigenvalue weighted by molar-refractivity contribution is 9.10. The maximum absolute atomic E-state index is 12.5. The predicted molar refractivity (Wildman–Crippen MR) is 105 cm³/mol. The van der Waals surface area contributed by atoms with Crippen LogP contribution in [0.25, 0.3) is 0 Å². The minimum Gasteiger partial charge on any atom is -0.324 e. The number of halogens is 1. The molecule has 0 fully saturated rings. The predicted octanol–water partition coefficient (Wildman–Crippen LogP) is 4.02. The molecule has 0 saturated carbocycles. The van der Waals surface area contributed by atoms with Crippen LogP contribution in [0.5, 0.6) is 0 Å². The molecule has 3 rings (SSSR count). The van der Waals surface area contributed by atoms with Crippen LogP contribution in [0.3, 0.4) is 0 Å². The number of anilines is 1. The normalized spacial score (nSPS) is 12.2. The van der Waals surface area contributed by atoms with Crippen LogP contribution in [0, 0.1) is 20.8 Å². The lowest BCUT2D eigenvalue weighted by Gasteiger charge is -2.13. The Morgan fingerprint density at radius 2 is 2.08 bits per heavy atom. The summed E-state index contributed by atoms with van der Waals surface area (Å²) < 4.78 is 4.66. The van der Waals surface area contributed by atoms with Crippen molar-refractivity contribution in [2.24, 2.45) is 0 Å². The van der Waals surface area contributed by atoms with Crippen molar-refractivity contribution >= 4 is 27.5 Å². The molecule has 2 aromatic heterocycles. The standard InChI is InChI=1S/C19H22BrN5O/c1-12-9-21-24(10-12)15(4)19(26)22-17-7-5-6-16(8-17)11-25-14(3)18(20)13(2)23-25/h5-10,15H,11H2,1-4H3,(H,22,26). The number of hydrogen-bond acceptors (Lipinski definition) is 3. The number of carbonyl (C=O) groups excluding carboxylic acids is 1. The maximum atomic E-state index is 12.5. The van der Waals surface area contributed by atoms with Crippen LogP contribution in [0.4, 0.5) is 5.69 Å².